The molecule has 0 spiro atoms. The van der Waals surface area contributed by atoms with E-state index in [0.29, 0.717) is 11.3 Å². The van der Waals surface area contributed by atoms with Crippen LogP contribution in [0.3, 0.4) is 0 Å². The van der Waals surface area contributed by atoms with Crippen molar-refractivity contribution >= 4 is 37.4 Å². The summed E-state index contributed by atoms with van der Waals surface area (Å²) < 4.78 is 31.5. The number of hydrogen-bond acceptors (Lipinski definition) is 7. The van der Waals surface area contributed by atoms with Crippen molar-refractivity contribution in [2.75, 3.05) is 0 Å². The molecule has 16 heavy (non-hydrogen) atoms. The zero-order chi connectivity index (χ0) is 11.9. The molecular formula is C7H3N2O5S2-. The van der Waals surface area contributed by atoms with Crippen LogP contribution >= 0.6 is 11.3 Å². The Morgan fingerprint density at radius 3 is 2.62 bits per heavy atom. The lowest BCUT2D eigenvalue weighted by molar-refractivity contribution is -0.382. The molecule has 0 atom stereocenters. The number of benzene rings is 1. The van der Waals surface area contributed by atoms with Crippen LogP contribution in [0.4, 0.5) is 5.69 Å². The van der Waals surface area contributed by atoms with Gasteiger partial charge in [-0.15, -0.1) is 0 Å². The Morgan fingerprint density at radius 1 is 1.38 bits per heavy atom. The van der Waals surface area contributed by atoms with E-state index in [4.69, 9.17) is 0 Å². The number of thiazole rings is 1. The van der Waals surface area contributed by atoms with Gasteiger partial charge in [0.15, 0.2) is 14.5 Å². The fourth-order valence-electron chi connectivity index (χ4n) is 1.16. The highest BCUT2D eigenvalue weighted by Gasteiger charge is 2.17. The number of fused-ring (bicyclic) bond motifs is 1. The van der Waals surface area contributed by atoms with Crippen LogP contribution in [0.15, 0.2) is 22.5 Å². The van der Waals surface area contributed by atoms with Crippen molar-refractivity contribution in [3.05, 3.63) is 28.3 Å². The molecule has 2 rings (SSSR count). The van der Waals surface area contributed by atoms with E-state index >= 15 is 0 Å². The monoisotopic (exact) mass is 259 g/mol. The van der Waals surface area contributed by atoms with Gasteiger partial charge in [-0.05, 0) is 6.07 Å². The molecule has 0 aliphatic heterocycles. The first kappa shape index (κ1) is 10.9. The molecule has 0 N–H and O–H groups in total. The molecule has 2 aromatic rings. The Bertz CT molecular complexity index is 675. The van der Waals surface area contributed by atoms with E-state index in [1.807, 2.05) is 0 Å². The maximum absolute atomic E-state index is 10.7. The van der Waals surface area contributed by atoms with E-state index in [1.165, 1.54) is 18.2 Å². The first-order valence-electron chi connectivity index (χ1n) is 3.89. The highest BCUT2D eigenvalue weighted by molar-refractivity contribution is 7.88. The minimum Gasteiger partial charge on any atom is -0.742 e. The molecule has 0 saturated heterocycles. The highest BCUT2D eigenvalue weighted by atomic mass is 32.3. The SMILES string of the molecule is O=[N+]([O-])c1cccc2nc(S(=O)(=O)[O-])sc12. The van der Waals surface area contributed by atoms with Crippen LogP contribution in [-0.2, 0) is 10.1 Å². The van der Waals surface area contributed by atoms with E-state index in [9.17, 15) is 23.1 Å². The summed E-state index contributed by atoms with van der Waals surface area (Å²) in [6.07, 6.45) is 0. The van der Waals surface area contributed by atoms with E-state index in [-0.39, 0.29) is 15.9 Å². The first-order valence-corrected chi connectivity index (χ1v) is 6.12. The smallest absolute Gasteiger partial charge is 0.288 e. The average molecular weight is 259 g/mol. The predicted molar refractivity (Wildman–Crippen MR) is 54.2 cm³/mol. The first-order chi connectivity index (χ1) is 7.39. The molecule has 0 amide bonds. The predicted octanol–water partition coefficient (Wildman–Crippen LogP) is 1.11. The molecule has 1 heterocycles. The normalized spacial score (nSPS) is 11.8. The third kappa shape index (κ3) is 1.75. The van der Waals surface area contributed by atoms with Gasteiger partial charge < -0.3 is 4.55 Å². The Labute approximate surface area is 93.3 Å². The van der Waals surface area contributed by atoms with Gasteiger partial charge in [0, 0.05) is 6.07 Å². The van der Waals surface area contributed by atoms with E-state index in [1.54, 1.807) is 0 Å². The minimum absolute atomic E-state index is 0.0851. The molecular weight excluding hydrogens is 256 g/mol. The van der Waals surface area contributed by atoms with Gasteiger partial charge in [0.1, 0.15) is 4.70 Å². The van der Waals surface area contributed by atoms with Crippen molar-refractivity contribution in [1.82, 2.24) is 4.98 Å². The Kier molecular flexibility index (Phi) is 2.37. The third-order valence-electron chi connectivity index (χ3n) is 1.79. The standard InChI is InChI=1S/C7H4N2O5S2/c10-9(11)5-3-1-2-4-6(5)15-7(8-4)16(12,13)14/h1-3H,(H,12,13,14)/p-1. The summed E-state index contributed by atoms with van der Waals surface area (Å²) in [5, 5.41) is 10.6. The van der Waals surface area contributed by atoms with Gasteiger partial charge in [-0.2, -0.15) is 0 Å². The average Bonchev–Trinajstić information content (AvgIpc) is 2.59. The van der Waals surface area contributed by atoms with Crippen molar-refractivity contribution in [3.8, 4) is 0 Å². The minimum atomic E-state index is -4.67. The van der Waals surface area contributed by atoms with Crippen molar-refractivity contribution in [1.29, 1.82) is 0 Å². The summed E-state index contributed by atoms with van der Waals surface area (Å²) in [4.78, 5) is 13.5. The maximum Gasteiger partial charge on any atom is 0.288 e. The zero-order valence-corrected chi connectivity index (χ0v) is 9.12. The van der Waals surface area contributed by atoms with Gasteiger partial charge in [0.05, 0.1) is 10.4 Å². The van der Waals surface area contributed by atoms with Crippen LogP contribution in [0.2, 0.25) is 0 Å². The van der Waals surface area contributed by atoms with E-state index < -0.39 is 19.4 Å². The second-order valence-electron chi connectivity index (χ2n) is 2.82. The van der Waals surface area contributed by atoms with Crippen molar-refractivity contribution < 1.29 is 17.9 Å². The molecule has 0 aliphatic rings. The zero-order valence-electron chi connectivity index (χ0n) is 7.48. The van der Waals surface area contributed by atoms with Gasteiger partial charge in [0.2, 0.25) is 0 Å². The van der Waals surface area contributed by atoms with Gasteiger partial charge in [-0.25, -0.2) is 13.4 Å². The van der Waals surface area contributed by atoms with Gasteiger partial charge in [-0.1, -0.05) is 17.4 Å². The number of nitro groups is 1. The molecule has 0 saturated carbocycles. The lowest BCUT2D eigenvalue weighted by Crippen LogP contribution is -1.96. The Balaban J connectivity index is 2.81. The number of non-ortho nitro benzene ring substituents is 1. The van der Waals surface area contributed by atoms with E-state index in [0.717, 1.165) is 0 Å². The lowest BCUT2D eigenvalue weighted by atomic mass is 10.3. The molecule has 0 aliphatic carbocycles. The topological polar surface area (TPSA) is 113 Å². The van der Waals surface area contributed by atoms with Crippen LogP contribution in [0, 0.1) is 10.1 Å². The molecule has 1 aromatic heterocycles. The quantitative estimate of drug-likeness (QED) is 0.453. The van der Waals surface area contributed by atoms with Crippen LogP contribution in [-0.4, -0.2) is 22.9 Å². The fraction of sp³-hybridized carbons (Fsp3) is 0. The van der Waals surface area contributed by atoms with Gasteiger partial charge in [0.25, 0.3) is 5.69 Å². The Morgan fingerprint density at radius 2 is 2.06 bits per heavy atom. The number of nitrogens with zero attached hydrogens (tertiary/aromatic N) is 2. The highest BCUT2D eigenvalue weighted by Crippen LogP contribution is 2.32. The largest absolute Gasteiger partial charge is 0.742 e. The van der Waals surface area contributed by atoms with Gasteiger partial charge in [-0.3, -0.25) is 10.1 Å². The van der Waals surface area contributed by atoms with Crippen LogP contribution in [0.5, 0.6) is 0 Å². The molecule has 7 nitrogen and oxygen atoms in total. The van der Waals surface area contributed by atoms with Crippen molar-refractivity contribution in [2.45, 2.75) is 4.34 Å². The molecule has 0 unspecified atom stereocenters. The summed E-state index contributed by atoms with van der Waals surface area (Å²) in [5.41, 5.74) is -0.126. The fourth-order valence-corrected chi connectivity index (χ4v) is 2.82. The number of rotatable bonds is 2. The molecule has 0 bridgehead atoms. The Hall–Kier alpha value is -1.58. The molecule has 0 fully saturated rings. The third-order valence-corrected chi connectivity index (χ3v) is 4.05. The van der Waals surface area contributed by atoms with Crippen molar-refractivity contribution in [2.24, 2.45) is 0 Å². The number of nitro benzene ring substituents is 1. The summed E-state index contributed by atoms with van der Waals surface area (Å²) in [5.74, 6) is 0. The summed E-state index contributed by atoms with van der Waals surface area (Å²) in [6, 6.07) is 4.01. The van der Waals surface area contributed by atoms with Gasteiger partial charge >= 0.3 is 0 Å². The summed E-state index contributed by atoms with van der Waals surface area (Å²) >= 11 is 0.506. The molecule has 84 valence electrons. The lowest BCUT2D eigenvalue weighted by Gasteiger charge is -1.98. The van der Waals surface area contributed by atoms with Crippen LogP contribution < -0.4 is 0 Å². The second-order valence-corrected chi connectivity index (χ2v) is 5.37. The van der Waals surface area contributed by atoms with Crippen LogP contribution in [0.25, 0.3) is 10.2 Å². The molecule has 0 radical (unpaired) electrons. The van der Waals surface area contributed by atoms with Crippen molar-refractivity contribution in [3.63, 3.8) is 0 Å². The number of aromatic nitrogens is 1. The molecule has 1 aromatic carbocycles. The van der Waals surface area contributed by atoms with E-state index in [2.05, 4.69) is 4.98 Å². The molecule has 9 heteroatoms. The summed E-state index contributed by atoms with van der Waals surface area (Å²) in [6.45, 7) is 0. The number of hydrogen-bond donors (Lipinski definition) is 0. The second kappa shape index (κ2) is 3.47. The summed E-state index contributed by atoms with van der Waals surface area (Å²) in [7, 11) is -4.67. The van der Waals surface area contributed by atoms with Crippen LogP contribution in [0.1, 0.15) is 0 Å². The maximum atomic E-state index is 10.7.